The predicted molar refractivity (Wildman–Crippen MR) is 80.5 cm³/mol. The summed E-state index contributed by atoms with van der Waals surface area (Å²) < 4.78 is 4.66. The molecular weight excluding hydrogens is 305 g/mol. The van der Waals surface area contributed by atoms with Crippen molar-refractivity contribution < 1.29 is 0 Å². The van der Waals surface area contributed by atoms with Gasteiger partial charge in [-0.2, -0.15) is 0 Å². The molecule has 0 fully saturated rings. The normalized spacial score (nSPS) is 11.0. The molecule has 1 nitrogen and oxygen atoms in total. The van der Waals surface area contributed by atoms with Crippen molar-refractivity contribution in [2.75, 3.05) is 0 Å². The summed E-state index contributed by atoms with van der Waals surface area (Å²) in [5, 5.41) is 1.23. The van der Waals surface area contributed by atoms with Gasteiger partial charge in [0, 0.05) is 0 Å². The van der Waals surface area contributed by atoms with Gasteiger partial charge in [0.05, 0.1) is 0 Å². The van der Waals surface area contributed by atoms with Crippen LogP contribution >= 0.6 is 12.2 Å². The number of hydrogen-bond acceptors (Lipinski definition) is 1. The second-order valence-corrected chi connectivity index (χ2v) is 6.94. The minimum atomic E-state index is 0.270. The van der Waals surface area contributed by atoms with Gasteiger partial charge in [-0.05, 0) is 0 Å². The zero-order valence-electron chi connectivity index (χ0n) is 10.3. The Kier molecular flexibility index (Phi) is 2.98. The molecule has 0 unspecified atom stereocenters. The Morgan fingerprint density at radius 2 is 1.83 bits per heavy atom. The number of nitrogens with zero attached hydrogens (tertiary/aromatic N) is 1. The Labute approximate surface area is 118 Å². The molecule has 3 rings (SSSR count). The van der Waals surface area contributed by atoms with E-state index in [1.165, 1.54) is 26.5 Å². The summed E-state index contributed by atoms with van der Waals surface area (Å²) in [5.74, 6) is 0. The fourth-order valence-corrected chi connectivity index (χ4v) is 4.94. The van der Waals surface area contributed by atoms with Crippen LogP contribution in [-0.2, 0) is 0 Å². The Hall–Kier alpha value is -1.15. The van der Waals surface area contributed by atoms with Crippen LogP contribution in [0.4, 0.5) is 0 Å². The average molecular weight is 318 g/mol. The number of hydrogen-bond donors (Lipinski definition) is 0. The zero-order valence-corrected chi connectivity index (χ0v) is 12.8. The van der Waals surface area contributed by atoms with E-state index >= 15 is 0 Å². The van der Waals surface area contributed by atoms with Gasteiger partial charge in [0.2, 0.25) is 0 Å². The van der Waals surface area contributed by atoms with E-state index in [0.29, 0.717) is 0 Å². The first-order valence-corrected chi connectivity index (χ1v) is 7.88. The van der Waals surface area contributed by atoms with E-state index in [-0.39, 0.29) is 14.7 Å². The second kappa shape index (κ2) is 4.51. The molecule has 0 spiro atoms. The maximum atomic E-state index is 5.62. The first-order valence-electron chi connectivity index (χ1n) is 5.85. The average Bonchev–Trinajstić information content (AvgIpc) is 2.71. The molecule has 90 valence electrons. The Balaban J connectivity index is 2.35. The van der Waals surface area contributed by atoms with Crippen LogP contribution in [0.5, 0.6) is 0 Å². The molecule has 0 atom stereocenters. The molecule has 0 aliphatic carbocycles. The monoisotopic (exact) mass is 319 g/mol. The predicted octanol–water partition coefficient (Wildman–Crippen LogP) is 4.03. The van der Waals surface area contributed by atoms with Crippen molar-refractivity contribution in [3.63, 3.8) is 0 Å². The molecule has 2 aromatic carbocycles. The molecule has 0 saturated carbocycles. The Morgan fingerprint density at radius 3 is 2.61 bits per heavy atom. The van der Waals surface area contributed by atoms with E-state index in [0.717, 1.165) is 4.64 Å². The van der Waals surface area contributed by atoms with Crippen LogP contribution in [0, 0.1) is 18.5 Å². The first-order chi connectivity index (χ1) is 8.66. The third kappa shape index (κ3) is 1.89. The van der Waals surface area contributed by atoms with Crippen LogP contribution in [0.25, 0.3) is 15.3 Å². The number of rotatable bonds is 1. The summed E-state index contributed by atoms with van der Waals surface area (Å²) >= 11 is 5.89. The Morgan fingerprint density at radius 1 is 1.06 bits per heavy atom. The topological polar surface area (TPSA) is 4.93 Å². The van der Waals surface area contributed by atoms with Gasteiger partial charge in [-0.15, -0.1) is 0 Å². The number of fused-ring (bicyclic) bond motifs is 1. The standard InChI is InChI=1S/C15H13NSSe/c1-10-7-8-11(2)13(9-10)16-15(17)12-5-3-4-6-14(12)18-16/h3-9H,1-2H3. The summed E-state index contributed by atoms with van der Waals surface area (Å²) in [7, 11) is 0. The van der Waals surface area contributed by atoms with Crippen LogP contribution < -0.4 is 0 Å². The van der Waals surface area contributed by atoms with Crippen LogP contribution in [0.3, 0.4) is 0 Å². The van der Waals surface area contributed by atoms with Crippen molar-refractivity contribution in [3.8, 4) is 5.69 Å². The summed E-state index contributed by atoms with van der Waals surface area (Å²) in [4.78, 5) is 0. The van der Waals surface area contributed by atoms with E-state index < -0.39 is 0 Å². The molecule has 1 heterocycles. The van der Waals surface area contributed by atoms with Gasteiger partial charge >= 0.3 is 118 Å². The van der Waals surface area contributed by atoms with E-state index in [9.17, 15) is 0 Å². The van der Waals surface area contributed by atoms with Gasteiger partial charge in [0.25, 0.3) is 0 Å². The fraction of sp³-hybridized carbons (Fsp3) is 0.133. The molecule has 0 bridgehead atoms. The number of aryl methyl sites for hydroxylation is 2. The fourth-order valence-electron chi connectivity index (χ4n) is 2.07. The minimum absolute atomic E-state index is 0.270. The Bertz CT molecular complexity index is 783. The molecule has 0 N–H and O–H groups in total. The van der Waals surface area contributed by atoms with Crippen molar-refractivity contribution in [2.45, 2.75) is 13.8 Å². The van der Waals surface area contributed by atoms with Gasteiger partial charge in [0.15, 0.2) is 0 Å². The van der Waals surface area contributed by atoms with Gasteiger partial charge in [-0.25, -0.2) is 0 Å². The van der Waals surface area contributed by atoms with E-state index in [2.05, 4.69) is 59.9 Å². The van der Waals surface area contributed by atoms with Gasteiger partial charge in [-0.1, -0.05) is 0 Å². The van der Waals surface area contributed by atoms with Crippen LogP contribution in [0.15, 0.2) is 42.5 Å². The molecule has 0 radical (unpaired) electrons. The third-order valence-electron chi connectivity index (χ3n) is 3.07. The molecule has 1 aromatic heterocycles. The molecule has 3 heteroatoms. The summed E-state index contributed by atoms with van der Waals surface area (Å²) in [6.45, 7) is 4.28. The number of aromatic nitrogens is 1. The van der Waals surface area contributed by atoms with E-state index in [1.807, 2.05) is 0 Å². The molecule has 0 amide bonds. The third-order valence-corrected chi connectivity index (χ3v) is 6.08. The molecular formula is C15H13NSSe. The van der Waals surface area contributed by atoms with Gasteiger partial charge in [-0.3, -0.25) is 0 Å². The van der Waals surface area contributed by atoms with E-state index in [1.54, 1.807) is 0 Å². The molecule has 0 saturated heterocycles. The molecule has 3 aromatic rings. The SMILES string of the molecule is Cc1ccc(C)c(-n2[se]c3ccccc3c2=S)c1. The van der Waals surface area contributed by atoms with Crippen LogP contribution in [-0.4, -0.2) is 18.3 Å². The van der Waals surface area contributed by atoms with Crippen molar-refractivity contribution >= 4 is 36.6 Å². The van der Waals surface area contributed by atoms with Gasteiger partial charge < -0.3 is 0 Å². The van der Waals surface area contributed by atoms with Crippen LogP contribution in [0.1, 0.15) is 11.1 Å². The summed E-state index contributed by atoms with van der Waals surface area (Å²) in [6, 6.07) is 15.0. The maximum absolute atomic E-state index is 5.62. The van der Waals surface area contributed by atoms with Gasteiger partial charge in [0.1, 0.15) is 0 Å². The van der Waals surface area contributed by atoms with Crippen molar-refractivity contribution in [1.29, 1.82) is 0 Å². The quantitative estimate of drug-likeness (QED) is 0.484. The molecule has 0 aliphatic heterocycles. The summed E-state index contributed by atoms with van der Waals surface area (Å²) in [6.07, 6.45) is 0. The zero-order chi connectivity index (χ0) is 12.7. The molecule has 0 aliphatic rings. The van der Waals surface area contributed by atoms with Crippen LogP contribution in [0.2, 0.25) is 0 Å². The van der Waals surface area contributed by atoms with Crippen molar-refractivity contribution in [1.82, 2.24) is 3.56 Å². The molecule has 18 heavy (non-hydrogen) atoms. The number of benzene rings is 2. The second-order valence-electron chi connectivity index (χ2n) is 4.48. The van der Waals surface area contributed by atoms with Crippen molar-refractivity contribution in [3.05, 3.63) is 58.2 Å². The van der Waals surface area contributed by atoms with E-state index in [4.69, 9.17) is 12.2 Å². The van der Waals surface area contributed by atoms with Crippen molar-refractivity contribution in [2.24, 2.45) is 0 Å². The summed E-state index contributed by atoms with van der Waals surface area (Å²) in [5.41, 5.74) is 3.83. The first kappa shape index (κ1) is 11.9.